The first-order valence-electron chi connectivity index (χ1n) is 11.3. The number of hydrogen-bond acceptors (Lipinski definition) is 4. The van der Waals surface area contributed by atoms with Crippen LogP contribution in [0.1, 0.15) is 74.7 Å². The normalized spacial score (nSPS) is 17.5. The first kappa shape index (κ1) is 22.8. The Morgan fingerprint density at radius 1 is 1.00 bits per heavy atom. The van der Waals surface area contributed by atoms with Crippen molar-refractivity contribution >= 4 is 17.8 Å². The van der Waals surface area contributed by atoms with Crippen LogP contribution in [0.15, 0.2) is 54.1 Å². The van der Waals surface area contributed by atoms with Crippen molar-refractivity contribution in [2.45, 2.75) is 58.8 Å². The monoisotopic (exact) mass is 420 g/mol. The Bertz CT molecular complexity index is 894. The Balaban J connectivity index is 1.51. The lowest BCUT2D eigenvalue weighted by Gasteiger charge is -2.18. The second kappa shape index (κ2) is 11.5. The minimum atomic E-state index is -0.406. The van der Waals surface area contributed by atoms with Gasteiger partial charge in [-0.25, -0.2) is 4.79 Å². The lowest BCUT2D eigenvalue weighted by atomic mass is 9.85. The van der Waals surface area contributed by atoms with Gasteiger partial charge >= 0.3 is 5.97 Å². The summed E-state index contributed by atoms with van der Waals surface area (Å²) in [5, 5.41) is 0. The fourth-order valence-corrected chi connectivity index (χ4v) is 3.65. The van der Waals surface area contributed by atoms with Gasteiger partial charge in [-0.2, -0.15) is 0 Å². The van der Waals surface area contributed by atoms with Crippen molar-refractivity contribution < 1.29 is 19.1 Å². The Labute approximate surface area is 185 Å². The highest BCUT2D eigenvalue weighted by molar-refractivity contribution is 6.00. The molecule has 2 aromatic rings. The van der Waals surface area contributed by atoms with Crippen molar-refractivity contribution in [3.05, 3.63) is 65.2 Å². The first-order valence-corrected chi connectivity index (χ1v) is 11.3. The number of Topliss-reactive ketones (excluding diaryl/α,β-unsaturated/α-hetero) is 1. The Morgan fingerprint density at radius 2 is 1.71 bits per heavy atom. The van der Waals surface area contributed by atoms with Gasteiger partial charge in [0.25, 0.3) is 0 Å². The minimum Gasteiger partial charge on any atom is -0.494 e. The van der Waals surface area contributed by atoms with Gasteiger partial charge in [-0.05, 0) is 78.8 Å². The largest absolute Gasteiger partial charge is 0.494 e. The smallest absolute Gasteiger partial charge is 0.343 e. The van der Waals surface area contributed by atoms with E-state index in [1.807, 2.05) is 18.2 Å². The summed E-state index contributed by atoms with van der Waals surface area (Å²) in [5.41, 5.74) is 2.31. The average molecular weight is 421 g/mol. The van der Waals surface area contributed by atoms with E-state index in [0.717, 1.165) is 36.1 Å². The molecule has 2 aromatic carbocycles. The third-order valence-electron chi connectivity index (χ3n) is 5.59. The van der Waals surface area contributed by atoms with Crippen LogP contribution in [0.4, 0.5) is 0 Å². The maximum atomic E-state index is 12.4. The average Bonchev–Trinajstić information content (AvgIpc) is 2.77. The molecule has 1 saturated carbocycles. The number of esters is 1. The molecule has 1 aliphatic carbocycles. The van der Waals surface area contributed by atoms with Crippen molar-refractivity contribution in [1.82, 2.24) is 0 Å². The number of ether oxygens (including phenoxy) is 2. The molecule has 0 bridgehead atoms. The minimum absolute atomic E-state index is 0.239. The van der Waals surface area contributed by atoms with Crippen LogP contribution >= 0.6 is 0 Å². The van der Waals surface area contributed by atoms with Crippen LogP contribution in [0.25, 0.3) is 6.08 Å². The molecule has 1 fully saturated rings. The van der Waals surface area contributed by atoms with Gasteiger partial charge in [-0.15, -0.1) is 0 Å². The number of benzene rings is 2. The lowest BCUT2D eigenvalue weighted by Crippen LogP contribution is -2.15. The van der Waals surface area contributed by atoms with Crippen LogP contribution < -0.4 is 9.47 Å². The molecule has 1 atom stereocenters. The molecule has 1 unspecified atom stereocenters. The Kier molecular flexibility index (Phi) is 8.45. The van der Waals surface area contributed by atoms with E-state index in [9.17, 15) is 9.59 Å². The lowest BCUT2D eigenvalue weighted by molar-refractivity contribution is -0.117. The van der Waals surface area contributed by atoms with Gasteiger partial charge in [-0.1, -0.05) is 45.2 Å². The molecule has 1 aliphatic rings. The van der Waals surface area contributed by atoms with Crippen LogP contribution in [0.3, 0.4) is 0 Å². The summed E-state index contributed by atoms with van der Waals surface area (Å²) in [7, 11) is 0. The maximum Gasteiger partial charge on any atom is 0.343 e. The van der Waals surface area contributed by atoms with Crippen molar-refractivity contribution in [1.29, 1.82) is 0 Å². The summed E-state index contributed by atoms with van der Waals surface area (Å²) >= 11 is 0. The van der Waals surface area contributed by atoms with E-state index < -0.39 is 5.97 Å². The fourth-order valence-electron chi connectivity index (χ4n) is 3.65. The topological polar surface area (TPSA) is 52.6 Å². The molecule has 0 N–H and O–H groups in total. The number of carbonyl (C=O) groups excluding carboxylic acids is 2. The van der Waals surface area contributed by atoms with Crippen molar-refractivity contribution in [3.8, 4) is 11.5 Å². The second-order valence-corrected chi connectivity index (χ2v) is 8.33. The third kappa shape index (κ3) is 7.09. The van der Waals surface area contributed by atoms with Gasteiger partial charge in [0.1, 0.15) is 11.5 Å². The molecule has 0 radical (unpaired) electrons. The molecule has 31 heavy (non-hydrogen) atoms. The van der Waals surface area contributed by atoms with Crippen molar-refractivity contribution in [2.24, 2.45) is 5.92 Å². The standard InChI is InChI=1S/C27H32O4/c1-3-4-5-6-17-30-24-15-11-22(12-16-24)27(29)31-25-13-8-21(9-14-25)19-23-10-7-20(2)18-26(23)28/h8-9,11-16,19-20H,3-7,10,17-18H2,1-2H3/b23-19-. The van der Waals surface area contributed by atoms with Crippen molar-refractivity contribution in [3.63, 3.8) is 0 Å². The number of allylic oxidation sites excluding steroid dienone is 1. The summed E-state index contributed by atoms with van der Waals surface area (Å²) in [4.78, 5) is 24.6. The molecule has 0 saturated heterocycles. The molecular formula is C27H32O4. The number of carbonyl (C=O) groups is 2. The predicted octanol–water partition coefficient (Wildman–Crippen LogP) is 6.64. The molecule has 4 heteroatoms. The summed E-state index contributed by atoms with van der Waals surface area (Å²) in [6, 6.07) is 14.3. The zero-order chi connectivity index (χ0) is 22.1. The Hall–Kier alpha value is -2.88. The van der Waals surface area contributed by atoms with Crippen LogP contribution in [0, 0.1) is 5.92 Å². The molecule has 0 spiro atoms. The number of unbranched alkanes of at least 4 members (excludes halogenated alkanes) is 3. The van der Waals surface area contributed by atoms with E-state index in [-0.39, 0.29) is 5.78 Å². The summed E-state index contributed by atoms with van der Waals surface area (Å²) in [6.45, 7) is 4.99. The predicted molar refractivity (Wildman–Crippen MR) is 123 cm³/mol. The SMILES string of the molecule is CCCCCCOc1ccc(C(=O)Oc2ccc(/C=C3/CCC(C)CC3=O)cc2)cc1. The van der Waals surface area contributed by atoms with E-state index in [4.69, 9.17) is 9.47 Å². The van der Waals surface area contributed by atoms with E-state index in [1.54, 1.807) is 36.4 Å². The number of rotatable bonds is 9. The third-order valence-corrected chi connectivity index (χ3v) is 5.59. The zero-order valence-electron chi connectivity index (χ0n) is 18.6. The van der Waals surface area contributed by atoms with E-state index in [1.165, 1.54) is 19.3 Å². The second-order valence-electron chi connectivity index (χ2n) is 8.33. The van der Waals surface area contributed by atoms with Crippen LogP contribution in [-0.4, -0.2) is 18.4 Å². The van der Waals surface area contributed by atoms with Gasteiger partial charge in [0.15, 0.2) is 5.78 Å². The highest BCUT2D eigenvalue weighted by atomic mass is 16.5. The molecular weight excluding hydrogens is 388 g/mol. The maximum absolute atomic E-state index is 12.4. The van der Waals surface area contributed by atoms with Crippen LogP contribution in [0.5, 0.6) is 11.5 Å². The molecule has 3 rings (SSSR count). The van der Waals surface area contributed by atoms with Crippen LogP contribution in [0.2, 0.25) is 0 Å². The zero-order valence-corrected chi connectivity index (χ0v) is 18.6. The van der Waals surface area contributed by atoms with Gasteiger partial charge in [0.2, 0.25) is 0 Å². The van der Waals surface area contributed by atoms with Gasteiger partial charge in [-0.3, -0.25) is 4.79 Å². The molecule has 0 aromatic heterocycles. The van der Waals surface area contributed by atoms with E-state index in [0.29, 0.717) is 30.3 Å². The highest BCUT2D eigenvalue weighted by Crippen LogP contribution is 2.27. The van der Waals surface area contributed by atoms with Gasteiger partial charge in [0.05, 0.1) is 12.2 Å². The van der Waals surface area contributed by atoms with E-state index in [2.05, 4.69) is 13.8 Å². The van der Waals surface area contributed by atoms with Gasteiger partial charge < -0.3 is 9.47 Å². The van der Waals surface area contributed by atoms with Crippen LogP contribution in [-0.2, 0) is 4.79 Å². The number of ketones is 1. The highest BCUT2D eigenvalue weighted by Gasteiger charge is 2.20. The summed E-state index contributed by atoms with van der Waals surface area (Å²) < 4.78 is 11.2. The number of hydrogen-bond donors (Lipinski definition) is 0. The molecule has 4 nitrogen and oxygen atoms in total. The summed E-state index contributed by atoms with van der Waals surface area (Å²) in [5.74, 6) is 1.54. The van der Waals surface area contributed by atoms with Gasteiger partial charge in [0, 0.05) is 6.42 Å². The van der Waals surface area contributed by atoms with Crippen molar-refractivity contribution in [2.75, 3.05) is 6.61 Å². The Morgan fingerprint density at radius 3 is 2.39 bits per heavy atom. The molecule has 164 valence electrons. The quantitative estimate of drug-likeness (QED) is 0.197. The molecule has 0 aliphatic heterocycles. The van der Waals surface area contributed by atoms with E-state index >= 15 is 0 Å². The fraction of sp³-hybridized carbons (Fsp3) is 0.407. The molecule has 0 amide bonds. The summed E-state index contributed by atoms with van der Waals surface area (Å²) in [6.07, 6.45) is 9.10. The first-order chi connectivity index (χ1) is 15.0. The molecule has 0 heterocycles.